The molecule has 1 aromatic rings. The first-order valence-corrected chi connectivity index (χ1v) is 8.27. The van der Waals surface area contributed by atoms with Crippen LogP contribution in [0, 0.1) is 12.3 Å². The highest BCUT2D eigenvalue weighted by molar-refractivity contribution is 9.10. The van der Waals surface area contributed by atoms with Gasteiger partial charge in [0, 0.05) is 16.7 Å². The second-order valence-electron chi connectivity index (χ2n) is 5.70. The minimum atomic E-state index is -0.0515. The lowest BCUT2D eigenvalue weighted by molar-refractivity contribution is -0.124. The number of anilines is 1. The zero-order valence-corrected chi connectivity index (χ0v) is 13.6. The summed E-state index contributed by atoms with van der Waals surface area (Å²) in [5, 5.41) is 0. The van der Waals surface area contributed by atoms with Crippen molar-refractivity contribution in [3.63, 3.8) is 0 Å². The van der Waals surface area contributed by atoms with E-state index < -0.39 is 0 Å². The fraction of sp³-hybridized carbons (Fsp3) is 0.471. The Bertz CT molecular complexity index is 593. The largest absolute Gasteiger partial charge is 0.310 e. The number of halogens is 1. The van der Waals surface area contributed by atoms with Gasteiger partial charge in [-0.05, 0) is 49.6 Å². The van der Waals surface area contributed by atoms with Gasteiger partial charge in [0.15, 0.2) is 0 Å². The third-order valence-corrected chi connectivity index (χ3v) is 4.89. The van der Waals surface area contributed by atoms with E-state index in [4.69, 9.17) is 6.42 Å². The molecule has 4 heteroatoms. The molecule has 0 radical (unpaired) electrons. The third-order valence-electron chi connectivity index (χ3n) is 4.40. The Labute approximate surface area is 134 Å². The maximum Gasteiger partial charge on any atom is 0.244 e. The topological polar surface area (TPSA) is 23.6 Å². The average molecular weight is 347 g/mol. The summed E-state index contributed by atoms with van der Waals surface area (Å²) in [6, 6.07) is 6.11. The van der Waals surface area contributed by atoms with Crippen LogP contribution in [0.25, 0.3) is 0 Å². The number of hydrogen-bond donors (Lipinski definition) is 0. The van der Waals surface area contributed by atoms with Crippen molar-refractivity contribution in [2.75, 3.05) is 24.5 Å². The van der Waals surface area contributed by atoms with Crippen molar-refractivity contribution >= 4 is 27.5 Å². The molecule has 1 saturated heterocycles. The van der Waals surface area contributed by atoms with Crippen LogP contribution in [-0.4, -0.2) is 36.5 Å². The van der Waals surface area contributed by atoms with Gasteiger partial charge < -0.3 is 4.90 Å². The van der Waals surface area contributed by atoms with Crippen molar-refractivity contribution in [2.24, 2.45) is 0 Å². The molecule has 110 valence electrons. The minimum Gasteiger partial charge on any atom is -0.310 e. The van der Waals surface area contributed by atoms with Crippen LogP contribution in [0.2, 0.25) is 0 Å². The van der Waals surface area contributed by atoms with Gasteiger partial charge in [-0.1, -0.05) is 28.3 Å². The second kappa shape index (κ2) is 6.21. The van der Waals surface area contributed by atoms with E-state index in [1.165, 1.54) is 5.56 Å². The fourth-order valence-corrected chi connectivity index (χ4v) is 3.76. The van der Waals surface area contributed by atoms with Crippen LogP contribution in [0.1, 0.15) is 24.8 Å². The van der Waals surface area contributed by atoms with E-state index in [-0.39, 0.29) is 11.9 Å². The van der Waals surface area contributed by atoms with Crippen LogP contribution >= 0.6 is 15.9 Å². The first kappa shape index (κ1) is 14.6. The van der Waals surface area contributed by atoms with E-state index in [1.807, 2.05) is 17.0 Å². The van der Waals surface area contributed by atoms with Crippen molar-refractivity contribution in [3.05, 3.63) is 28.2 Å². The molecule has 2 aliphatic heterocycles. The van der Waals surface area contributed by atoms with E-state index >= 15 is 0 Å². The molecule has 1 unspecified atom stereocenters. The summed E-state index contributed by atoms with van der Waals surface area (Å²) in [7, 11) is 0. The first-order valence-electron chi connectivity index (χ1n) is 7.48. The normalized spacial score (nSPS) is 21.9. The van der Waals surface area contributed by atoms with Crippen LogP contribution in [0.15, 0.2) is 22.7 Å². The second-order valence-corrected chi connectivity index (χ2v) is 6.61. The number of nitrogens with zero attached hydrogens (tertiary/aromatic N) is 2. The molecule has 2 aliphatic rings. The summed E-state index contributed by atoms with van der Waals surface area (Å²) in [5.74, 6) is 2.90. The van der Waals surface area contributed by atoms with Crippen molar-refractivity contribution in [2.45, 2.75) is 31.7 Å². The molecule has 0 bridgehead atoms. The van der Waals surface area contributed by atoms with Gasteiger partial charge >= 0.3 is 0 Å². The summed E-state index contributed by atoms with van der Waals surface area (Å²) >= 11 is 3.49. The van der Waals surface area contributed by atoms with Crippen LogP contribution in [0.5, 0.6) is 0 Å². The monoisotopic (exact) mass is 346 g/mol. The Morgan fingerprint density at radius 2 is 2.24 bits per heavy atom. The maximum absolute atomic E-state index is 12.9. The molecule has 1 atom stereocenters. The van der Waals surface area contributed by atoms with Gasteiger partial charge in [0.2, 0.25) is 5.91 Å². The molecule has 3 rings (SSSR count). The molecule has 0 spiro atoms. The molecule has 0 saturated carbocycles. The zero-order chi connectivity index (χ0) is 14.8. The van der Waals surface area contributed by atoms with Crippen LogP contribution in [0.4, 0.5) is 5.69 Å². The summed E-state index contributed by atoms with van der Waals surface area (Å²) < 4.78 is 1.07. The molecule has 1 aromatic carbocycles. The summed E-state index contributed by atoms with van der Waals surface area (Å²) in [6.07, 6.45) is 9.54. The standard InChI is InChI=1S/C17H19BrN2O/c1-2-9-19-10-4-3-5-16(19)17(21)20-11-8-13-12-14(18)6-7-15(13)20/h1,6-7,12,16H,3-5,8-11H2. The Hall–Kier alpha value is -1.31. The molecule has 2 heterocycles. The number of carbonyl (C=O) groups is 1. The summed E-state index contributed by atoms with van der Waals surface area (Å²) in [4.78, 5) is 17.0. The molecular weight excluding hydrogens is 328 g/mol. The Morgan fingerprint density at radius 1 is 1.38 bits per heavy atom. The number of piperidine rings is 1. The number of carbonyl (C=O) groups excluding carboxylic acids is 1. The molecule has 21 heavy (non-hydrogen) atoms. The van der Waals surface area contributed by atoms with E-state index in [1.54, 1.807) is 0 Å². The van der Waals surface area contributed by atoms with E-state index in [0.29, 0.717) is 6.54 Å². The Morgan fingerprint density at radius 3 is 3.05 bits per heavy atom. The molecular formula is C17H19BrN2O. The molecule has 0 aliphatic carbocycles. The van der Waals surface area contributed by atoms with Gasteiger partial charge in [0.25, 0.3) is 0 Å². The van der Waals surface area contributed by atoms with Gasteiger partial charge in [-0.15, -0.1) is 6.42 Å². The maximum atomic E-state index is 12.9. The molecule has 0 N–H and O–H groups in total. The van der Waals surface area contributed by atoms with Gasteiger partial charge in [-0.3, -0.25) is 9.69 Å². The van der Waals surface area contributed by atoms with Crippen molar-refractivity contribution in [1.29, 1.82) is 0 Å². The summed E-state index contributed by atoms with van der Waals surface area (Å²) in [6.45, 7) is 2.28. The lowest BCUT2D eigenvalue weighted by Crippen LogP contribution is -2.50. The van der Waals surface area contributed by atoms with Gasteiger partial charge in [0.1, 0.15) is 0 Å². The minimum absolute atomic E-state index is 0.0515. The fourth-order valence-electron chi connectivity index (χ4n) is 3.36. The molecule has 1 amide bonds. The molecule has 3 nitrogen and oxygen atoms in total. The lowest BCUT2D eigenvalue weighted by atomic mass is 10.0. The predicted octanol–water partition coefficient (Wildman–Crippen LogP) is 2.83. The van der Waals surface area contributed by atoms with E-state index in [9.17, 15) is 4.79 Å². The quantitative estimate of drug-likeness (QED) is 0.768. The van der Waals surface area contributed by atoms with Crippen molar-refractivity contribution in [1.82, 2.24) is 4.90 Å². The summed E-state index contributed by atoms with van der Waals surface area (Å²) in [5.41, 5.74) is 2.31. The van der Waals surface area contributed by atoms with E-state index in [2.05, 4.69) is 32.8 Å². The average Bonchev–Trinajstić information content (AvgIpc) is 2.90. The van der Waals surface area contributed by atoms with Crippen LogP contribution in [-0.2, 0) is 11.2 Å². The number of terminal acetylenes is 1. The molecule has 0 aromatic heterocycles. The smallest absolute Gasteiger partial charge is 0.244 e. The first-order chi connectivity index (χ1) is 10.2. The number of hydrogen-bond acceptors (Lipinski definition) is 2. The highest BCUT2D eigenvalue weighted by Crippen LogP contribution is 2.32. The van der Waals surface area contributed by atoms with Gasteiger partial charge in [-0.25, -0.2) is 0 Å². The van der Waals surface area contributed by atoms with Crippen LogP contribution in [0.3, 0.4) is 0 Å². The van der Waals surface area contributed by atoms with Gasteiger partial charge in [0.05, 0.1) is 12.6 Å². The predicted molar refractivity (Wildman–Crippen MR) is 88.2 cm³/mol. The SMILES string of the molecule is C#CCN1CCCCC1C(=O)N1CCc2cc(Br)ccc21. The molecule has 1 fully saturated rings. The Balaban J connectivity index is 1.81. The van der Waals surface area contributed by atoms with Crippen molar-refractivity contribution in [3.8, 4) is 12.3 Å². The van der Waals surface area contributed by atoms with Crippen LogP contribution < -0.4 is 4.90 Å². The number of rotatable bonds is 2. The Kier molecular flexibility index (Phi) is 4.32. The number of amides is 1. The highest BCUT2D eigenvalue weighted by atomic mass is 79.9. The van der Waals surface area contributed by atoms with Gasteiger partial charge in [-0.2, -0.15) is 0 Å². The number of benzene rings is 1. The van der Waals surface area contributed by atoms with E-state index in [0.717, 1.165) is 48.9 Å². The number of likely N-dealkylation sites (tertiary alicyclic amines) is 1. The highest BCUT2D eigenvalue weighted by Gasteiger charge is 2.34. The third kappa shape index (κ3) is 2.86. The number of fused-ring (bicyclic) bond motifs is 1. The lowest BCUT2D eigenvalue weighted by Gasteiger charge is -2.35. The van der Waals surface area contributed by atoms with Crippen molar-refractivity contribution < 1.29 is 4.79 Å². The zero-order valence-electron chi connectivity index (χ0n) is 12.0.